The van der Waals surface area contributed by atoms with Crippen LogP contribution in [0.1, 0.15) is 18.9 Å². The monoisotopic (exact) mass is 518 g/mol. The molecule has 9 heteroatoms. The maximum atomic E-state index is 11.3. The first-order chi connectivity index (χ1) is 13.0. The fourth-order valence-corrected chi connectivity index (χ4v) is 2.80. The molecule has 0 fully saturated rings. The standard InChI is InChI=1S/C19H26N4O3S.HI/c1-2-21-19(22-13-6-14-26-17-7-4-3-5-8-17)23-15-16-9-11-18(12-10-16)27(20,24)25;/h3-5,7-12H,2,6,13-15H2,1H3,(H2,20,24,25)(H2,21,22,23);1H. The number of guanidine groups is 1. The Hall–Kier alpha value is -1.85. The van der Waals surface area contributed by atoms with Gasteiger partial charge in [-0.2, -0.15) is 0 Å². The van der Waals surface area contributed by atoms with Gasteiger partial charge in [-0.3, -0.25) is 0 Å². The molecule has 2 rings (SSSR count). The van der Waals surface area contributed by atoms with E-state index in [1.165, 1.54) is 12.1 Å². The van der Waals surface area contributed by atoms with E-state index < -0.39 is 10.0 Å². The second-order valence-electron chi connectivity index (χ2n) is 5.83. The van der Waals surface area contributed by atoms with Gasteiger partial charge in [-0.1, -0.05) is 30.3 Å². The van der Waals surface area contributed by atoms with Crippen LogP contribution in [0.3, 0.4) is 0 Å². The predicted molar refractivity (Wildman–Crippen MR) is 123 cm³/mol. The minimum absolute atomic E-state index is 0. The van der Waals surface area contributed by atoms with Crippen LogP contribution < -0.4 is 20.5 Å². The summed E-state index contributed by atoms with van der Waals surface area (Å²) in [5.74, 6) is 1.56. The molecule has 0 aliphatic carbocycles. The molecule has 0 aliphatic heterocycles. The molecular weight excluding hydrogens is 491 g/mol. The Bertz CT molecular complexity index is 828. The van der Waals surface area contributed by atoms with Crippen LogP contribution in [0.2, 0.25) is 0 Å². The summed E-state index contributed by atoms with van der Waals surface area (Å²) in [6, 6.07) is 16.1. The largest absolute Gasteiger partial charge is 0.494 e. The van der Waals surface area contributed by atoms with Gasteiger partial charge in [0, 0.05) is 13.1 Å². The Morgan fingerprint density at radius 1 is 1.07 bits per heavy atom. The number of halogens is 1. The summed E-state index contributed by atoms with van der Waals surface area (Å²) in [5.41, 5.74) is 0.895. The van der Waals surface area contributed by atoms with Gasteiger partial charge in [-0.15, -0.1) is 24.0 Å². The van der Waals surface area contributed by atoms with Gasteiger partial charge in [0.2, 0.25) is 10.0 Å². The van der Waals surface area contributed by atoms with E-state index in [1.54, 1.807) is 12.1 Å². The van der Waals surface area contributed by atoms with Crippen LogP contribution in [0.4, 0.5) is 0 Å². The van der Waals surface area contributed by atoms with Crippen LogP contribution in [0.5, 0.6) is 5.75 Å². The lowest BCUT2D eigenvalue weighted by atomic mass is 10.2. The number of nitrogens with two attached hydrogens (primary N) is 1. The molecule has 0 amide bonds. The van der Waals surface area contributed by atoms with Gasteiger partial charge in [0.1, 0.15) is 5.75 Å². The molecule has 154 valence electrons. The number of para-hydroxylation sites is 1. The summed E-state index contributed by atoms with van der Waals surface area (Å²) in [6.07, 6.45) is 0.836. The number of benzene rings is 2. The molecule has 0 aliphatic rings. The second-order valence-corrected chi connectivity index (χ2v) is 7.39. The number of sulfonamides is 1. The molecule has 7 nitrogen and oxygen atoms in total. The zero-order valence-electron chi connectivity index (χ0n) is 15.8. The molecule has 0 bridgehead atoms. The van der Waals surface area contributed by atoms with Gasteiger partial charge in [0.05, 0.1) is 18.0 Å². The van der Waals surface area contributed by atoms with Gasteiger partial charge < -0.3 is 15.4 Å². The van der Waals surface area contributed by atoms with E-state index >= 15 is 0 Å². The van der Waals surface area contributed by atoms with Crippen molar-refractivity contribution in [2.45, 2.75) is 24.8 Å². The van der Waals surface area contributed by atoms with E-state index in [4.69, 9.17) is 9.88 Å². The molecule has 0 spiro atoms. The van der Waals surface area contributed by atoms with E-state index in [1.807, 2.05) is 37.3 Å². The Labute approximate surface area is 183 Å². The highest BCUT2D eigenvalue weighted by molar-refractivity contribution is 14.0. The van der Waals surface area contributed by atoms with Gasteiger partial charge >= 0.3 is 0 Å². The summed E-state index contributed by atoms with van der Waals surface area (Å²) in [4.78, 5) is 4.60. The molecule has 0 radical (unpaired) electrons. The van der Waals surface area contributed by atoms with Gasteiger partial charge in [-0.25, -0.2) is 18.5 Å². The van der Waals surface area contributed by atoms with Crippen molar-refractivity contribution in [2.75, 3.05) is 19.7 Å². The van der Waals surface area contributed by atoms with Crippen molar-refractivity contribution in [1.29, 1.82) is 0 Å². The number of nitrogens with zero attached hydrogens (tertiary/aromatic N) is 1. The molecule has 0 aromatic heterocycles. The summed E-state index contributed by atoms with van der Waals surface area (Å²) in [7, 11) is -3.67. The first kappa shape index (κ1) is 24.2. The van der Waals surface area contributed by atoms with Crippen LogP contribution in [0, 0.1) is 0 Å². The average molecular weight is 518 g/mol. The van der Waals surface area contributed by atoms with Crippen molar-refractivity contribution in [3.63, 3.8) is 0 Å². The van der Waals surface area contributed by atoms with Gasteiger partial charge in [-0.05, 0) is 43.2 Å². The summed E-state index contributed by atoms with van der Waals surface area (Å²) < 4.78 is 28.2. The fraction of sp³-hybridized carbons (Fsp3) is 0.316. The first-order valence-corrected chi connectivity index (χ1v) is 10.4. The summed E-state index contributed by atoms with van der Waals surface area (Å²) in [5, 5.41) is 11.5. The van der Waals surface area contributed by atoms with Crippen LogP contribution in [-0.4, -0.2) is 34.1 Å². The molecule has 0 heterocycles. The minimum Gasteiger partial charge on any atom is -0.494 e. The average Bonchev–Trinajstić information content (AvgIpc) is 2.66. The van der Waals surface area contributed by atoms with E-state index in [-0.39, 0.29) is 28.9 Å². The normalized spacial score (nSPS) is 11.4. The number of primary sulfonamides is 1. The maximum absolute atomic E-state index is 11.3. The molecule has 28 heavy (non-hydrogen) atoms. The third kappa shape index (κ3) is 8.89. The van der Waals surface area contributed by atoms with E-state index in [2.05, 4.69) is 15.6 Å². The lowest BCUT2D eigenvalue weighted by Crippen LogP contribution is -2.38. The van der Waals surface area contributed by atoms with Crippen molar-refractivity contribution in [3.05, 3.63) is 60.2 Å². The zero-order chi connectivity index (χ0) is 19.5. The number of nitrogens with one attached hydrogen (secondary N) is 2. The highest BCUT2D eigenvalue weighted by Gasteiger charge is 2.06. The molecule has 2 aromatic carbocycles. The third-order valence-electron chi connectivity index (χ3n) is 3.64. The van der Waals surface area contributed by atoms with Crippen molar-refractivity contribution in [1.82, 2.24) is 10.6 Å². The first-order valence-electron chi connectivity index (χ1n) is 8.81. The van der Waals surface area contributed by atoms with Gasteiger partial charge in [0.25, 0.3) is 0 Å². The van der Waals surface area contributed by atoms with Crippen LogP contribution in [-0.2, 0) is 16.6 Å². The van der Waals surface area contributed by atoms with Crippen LogP contribution >= 0.6 is 24.0 Å². The van der Waals surface area contributed by atoms with Crippen molar-refractivity contribution in [2.24, 2.45) is 10.1 Å². The lowest BCUT2D eigenvalue weighted by molar-refractivity contribution is 0.311. The summed E-state index contributed by atoms with van der Waals surface area (Å²) >= 11 is 0. The van der Waals surface area contributed by atoms with E-state index in [9.17, 15) is 8.42 Å². The minimum atomic E-state index is -3.67. The SMILES string of the molecule is CCNC(=NCc1ccc(S(N)(=O)=O)cc1)NCCCOc1ccccc1.I. The number of ether oxygens (including phenoxy) is 1. The number of rotatable bonds is 9. The number of hydrogen-bond acceptors (Lipinski definition) is 4. The van der Waals surface area contributed by atoms with Crippen molar-refractivity contribution < 1.29 is 13.2 Å². The Morgan fingerprint density at radius 3 is 2.36 bits per heavy atom. The lowest BCUT2D eigenvalue weighted by Gasteiger charge is -2.12. The maximum Gasteiger partial charge on any atom is 0.238 e. The molecule has 2 aromatic rings. The Kier molecular flexibility index (Phi) is 10.9. The van der Waals surface area contributed by atoms with E-state index in [0.717, 1.165) is 30.8 Å². The van der Waals surface area contributed by atoms with Gasteiger partial charge in [0.15, 0.2) is 5.96 Å². The second kappa shape index (κ2) is 12.6. The van der Waals surface area contributed by atoms with E-state index in [0.29, 0.717) is 19.1 Å². The molecule has 0 atom stereocenters. The van der Waals surface area contributed by atoms with Crippen LogP contribution in [0.25, 0.3) is 0 Å². The topological polar surface area (TPSA) is 106 Å². The van der Waals surface area contributed by atoms with Crippen molar-refractivity contribution >= 4 is 40.0 Å². The number of aliphatic imine (C=N–C) groups is 1. The fourth-order valence-electron chi connectivity index (χ4n) is 2.28. The summed E-state index contributed by atoms with van der Waals surface area (Å²) in [6.45, 7) is 4.52. The molecular formula is C19H27IN4O3S. The predicted octanol–water partition coefficient (Wildman–Crippen LogP) is 2.48. The van der Waals surface area contributed by atoms with Crippen LogP contribution in [0.15, 0.2) is 64.5 Å². The Balaban J connectivity index is 0.00000392. The smallest absolute Gasteiger partial charge is 0.238 e. The highest BCUT2D eigenvalue weighted by Crippen LogP contribution is 2.10. The third-order valence-corrected chi connectivity index (χ3v) is 4.57. The quantitative estimate of drug-likeness (QED) is 0.205. The van der Waals surface area contributed by atoms with Crippen molar-refractivity contribution in [3.8, 4) is 5.75 Å². The highest BCUT2D eigenvalue weighted by atomic mass is 127. The Morgan fingerprint density at radius 2 is 1.75 bits per heavy atom. The molecule has 0 saturated heterocycles. The molecule has 0 saturated carbocycles. The molecule has 4 N–H and O–H groups in total. The molecule has 0 unspecified atom stereocenters. The zero-order valence-corrected chi connectivity index (χ0v) is 18.9. The number of hydrogen-bond donors (Lipinski definition) is 3.